The SMILES string of the molecule is N=C(Cc1cccc2ccccc12)C1=C(O)CCCC1=O. The van der Waals surface area contributed by atoms with Crippen LogP contribution >= 0.6 is 0 Å². The first-order valence-electron chi connectivity index (χ1n) is 7.16. The van der Waals surface area contributed by atoms with Gasteiger partial charge in [0.1, 0.15) is 5.76 Å². The molecule has 0 aromatic heterocycles. The molecule has 2 N–H and O–H groups in total. The summed E-state index contributed by atoms with van der Waals surface area (Å²) < 4.78 is 0. The van der Waals surface area contributed by atoms with Crippen LogP contribution < -0.4 is 0 Å². The van der Waals surface area contributed by atoms with Crippen molar-refractivity contribution in [1.82, 2.24) is 0 Å². The summed E-state index contributed by atoms with van der Waals surface area (Å²) in [4.78, 5) is 11.9. The van der Waals surface area contributed by atoms with Gasteiger partial charge in [0.25, 0.3) is 0 Å². The highest BCUT2D eigenvalue weighted by molar-refractivity contribution is 6.22. The van der Waals surface area contributed by atoms with E-state index in [4.69, 9.17) is 5.41 Å². The van der Waals surface area contributed by atoms with Crippen molar-refractivity contribution < 1.29 is 9.90 Å². The number of rotatable bonds is 3. The van der Waals surface area contributed by atoms with E-state index in [1.165, 1.54) is 0 Å². The summed E-state index contributed by atoms with van der Waals surface area (Å²) in [6.45, 7) is 0. The number of aliphatic hydroxyl groups is 1. The van der Waals surface area contributed by atoms with Crippen LogP contribution in [0.3, 0.4) is 0 Å². The molecule has 3 rings (SSSR count). The fourth-order valence-corrected chi connectivity index (χ4v) is 2.90. The number of ketones is 1. The molecular formula is C18H17NO2. The molecule has 2 aromatic rings. The predicted molar refractivity (Wildman–Crippen MR) is 83.9 cm³/mol. The summed E-state index contributed by atoms with van der Waals surface area (Å²) in [7, 11) is 0. The van der Waals surface area contributed by atoms with Crippen LogP contribution in [0, 0.1) is 5.41 Å². The van der Waals surface area contributed by atoms with Gasteiger partial charge in [-0.25, -0.2) is 0 Å². The Bertz CT molecular complexity index is 753. The number of carbonyl (C=O) groups excluding carboxylic acids is 1. The minimum Gasteiger partial charge on any atom is -0.511 e. The van der Waals surface area contributed by atoms with Gasteiger partial charge in [-0.2, -0.15) is 0 Å². The van der Waals surface area contributed by atoms with Crippen LogP contribution in [0.4, 0.5) is 0 Å². The van der Waals surface area contributed by atoms with Gasteiger partial charge in [-0.1, -0.05) is 42.5 Å². The van der Waals surface area contributed by atoms with E-state index in [2.05, 4.69) is 0 Å². The first-order valence-corrected chi connectivity index (χ1v) is 7.16. The minimum atomic E-state index is -0.107. The third kappa shape index (κ3) is 2.59. The Balaban J connectivity index is 1.95. The average molecular weight is 279 g/mol. The lowest BCUT2D eigenvalue weighted by molar-refractivity contribution is -0.115. The number of carbonyl (C=O) groups is 1. The van der Waals surface area contributed by atoms with Gasteiger partial charge >= 0.3 is 0 Å². The molecule has 0 spiro atoms. The third-order valence-corrected chi connectivity index (χ3v) is 3.93. The smallest absolute Gasteiger partial charge is 0.168 e. The Morgan fingerprint density at radius 1 is 1.10 bits per heavy atom. The molecule has 3 nitrogen and oxygen atoms in total. The molecule has 0 atom stereocenters. The molecular weight excluding hydrogens is 262 g/mol. The van der Waals surface area contributed by atoms with Gasteiger partial charge in [-0.15, -0.1) is 0 Å². The lowest BCUT2D eigenvalue weighted by atomic mass is 9.89. The third-order valence-electron chi connectivity index (χ3n) is 3.93. The Morgan fingerprint density at radius 2 is 1.86 bits per heavy atom. The van der Waals surface area contributed by atoms with Crippen LogP contribution in [-0.2, 0) is 11.2 Å². The number of nitrogens with one attached hydrogen (secondary N) is 1. The fourth-order valence-electron chi connectivity index (χ4n) is 2.90. The molecule has 3 heteroatoms. The maximum Gasteiger partial charge on any atom is 0.168 e. The van der Waals surface area contributed by atoms with Crippen molar-refractivity contribution in [2.24, 2.45) is 0 Å². The summed E-state index contributed by atoms with van der Waals surface area (Å²) in [5.41, 5.74) is 1.46. The second-order valence-electron chi connectivity index (χ2n) is 5.39. The van der Waals surface area contributed by atoms with E-state index in [0.29, 0.717) is 25.7 Å². The monoisotopic (exact) mass is 279 g/mol. The number of Topliss-reactive ketones (excluding diaryl/α,β-unsaturated/α-hetero) is 1. The maximum atomic E-state index is 11.9. The molecule has 2 aromatic carbocycles. The standard InChI is InChI=1S/C18H17NO2/c19-15(18-16(20)9-4-10-17(18)21)11-13-7-3-6-12-5-1-2-8-14(12)13/h1-3,5-8,19-20H,4,9-11H2. The van der Waals surface area contributed by atoms with Crippen LogP contribution in [-0.4, -0.2) is 16.6 Å². The summed E-state index contributed by atoms with van der Waals surface area (Å²) in [6.07, 6.45) is 1.97. The molecule has 0 saturated carbocycles. The highest BCUT2D eigenvalue weighted by Gasteiger charge is 2.24. The minimum absolute atomic E-state index is 0.0801. The number of fused-ring (bicyclic) bond motifs is 1. The van der Waals surface area contributed by atoms with Gasteiger partial charge in [0.15, 0.2) is 5.78 Å². The molecule has 106 valence electrons. The zero-order valence-electron chi connectivity index (χ0n) is 11.7. The van der Waals surface area contributed by atoms with E-state index in [1.807, 2.05) is 42.5 Å². The van der Waals surface area contributed by atoms with E-state index in [-0.39, 0.29) is 22.8 Å². The molecule has 0 unspecified atom stereocenters. The lowest BCUT2D eigenvalue weighted by Gasteiger charge is -2.16. The Kier molecular flexibility index (Phi) is 3.57. The number of hydrogen-bond donors (Lipinski definition) is 2. The Hall–Kier alpha value is -2.42. The van der Waals surface area contributed by atoms with Crippen LogP contribution in [0.2, 0.25) is 0 Å². The van der Waals surface area contributed by atoms with E-state index < -0.39 is 0 Å². The second kappa shape index (κ2) is 5.52. The topological polar surface area (TPSA) is 61.1 Å². The van der Waals surface area contributed by atoms with Crippen LogP contribution in [0.15, 0.2) is 53.8 Å². The van der Waals surface area contributed by atoms with Gasteiger partial charge in [0.2, 0.25) is 0 Å². The number of allylic oxidation sites excluding steroid dienone is 2. The molecule has 0 aliphatic heterocycles. The zero-order chi connectivity index (χ0) is 14.8. The molecule has 1 aliphatic carbocycles. The quantitative estimate of drug-likeness (QED) is 0.835. The largest absolute Gasteiger partial charge is 0.511 e. The normalized spacial score (nSPS) is 15.5. The van der Waals surface area contributed by atoms with Crippen molar-refractivity contribution in [2.45, 2.75) is 25.7 Å². The van der Waals surface area contributed by atoms with Crippen LogP contribution in [0.25, 0.3) is 10.8 Å². The van der Waals surface area contributed by atoms with Crippen molar-refractivity contribution in [3.05, 3.63) is 59.4 Å². The van der Waals surface area contributed by atoms with Gasteiger partial charge in [-0.3, -0.25) is 4.79 Å². The van der Waals surface area contributed by atoms with Crippen molar-refractivity contribution in [3.63, 3.8) is 0 Å². The average Bonchev–Trinajstić information content (AvgIpc) is 2.47. The van der Waals surface area contributed by atoms with E-state index in [0.717, 1.165) is 16.3 Å². The first kappa shape index (κ1) is 13.6. The van der Waals surface area contributed by atoms with Gasteiger partial charge in [0.05, 0.1) is 5.57 Å². The highest BCUT2D eigenvalue weighted by atomic mass is 16.3. The molecule has 1 aliphatic rings. The highest BCUT2D eigenvalue weighted by Crippen LogP contribution is 2.24. The molecule has 0 radical (unpaired) electrons. The predicted octanol–water partition coefficient (Wildman–Crippen LogP) is 3.97. The first-order chi connectivity index (χ1) is 10.2. The molecule has 21 heavy (non-hydrogen) atoms. The van der Waals surface area contributed by atoms with E-state index in [1.54, 1.807) is 0 Å². The molecule has 0 heterocycles. The van der Waals surface area contributed by atoms with Crippen molar-refractivity contribution >= 4 is 22.3 Å². The molecule has 0 bridgehead atoms. The van der Waals surface area contributed by atoms with Crippen molar-refractivity contribution in [1.29, 1.82) is 5.41 Å². The van der Waals surface area contributed by atoms with E-state index >= 15 is 0 Å². The molecule has 0 saturated heterocycles. The number of benzene rings is 2. The van der Waals surface area contributed by atoms with Gasteiger partial charge < -0.3 is 10.5 Å². The van der Waals surface area contributed by atoms with Crippen molar-refractivity contribution in [3.8, 4) is 0 Å². The molecule has 0 amide bonds. The number of aliphatic hydroxyl groups excluding tert-OH is 1. The Morgan fingerprint density at radius 3 is 2.67 bits per heavy atom. The summed E-state index contributed by atoms with van der Waals surface area (Å²) >= 11 is 0. The Labute approximate surface area is 123 Å². The molecule has 0 fully saturated rings. The summed E-state index contributed by atoms with van der Waals surface area (Å²) in [6, 6.07) is 14.0. The fraction of sp³-hybridized carbons (Fsp3) is 0.222. The number of hydrogen-bond acceptors (Lipinski definition) is 3. The summed E-state index contributed by atoms with van der Waals surface area (Å²) in [5.74, 6) is -0.0273. The van der Waals surface area contributed by atoms with Crippen molar-refractivity contribution in [2.75, 3.05) is 0 Å². The summed E-state index contributed by atoms with van der Waals surface area (Å²) in [5, 5.41) is 20.3. The van der Waals surface area contributed by atoms with Gasteiger partial charge in [-0.05, 0) is 22.8 Å². The maximum absolute atomic E-state index is 11.9. The lowest BCUT2D eigenvalue weighted by Crippen LogP contribution is -2.20. The second-order valence-corrected chi connectivity index (χ2v) is 5.39. The zero-order valence-corrected chi connectivity index (χ0v) is 11.7. The van der Waals surface area contributed by atoms with Crippen LogP contribution in [0.5, 0.6) is 0 Å². The van der Waals surface area contributed by atoms with Gasteiger partial charge in [0, 0.05) is 25.0 Å². The van der Waals surface area contributed by atoms with Crippen LogP contribution in [0.1, 0.15) is 24.8 Å². The van der Waals surface area contributed by atoms with E-state index in [9.17, 15) is 9.90 Å².